The summed E-state index contributed by atoms with van der Waals surface area (Å²) in [5.74, 6) is -2.35. The third-order valence-corrected chi connectivity index (χ3v) is 12.2. The summed E-state index contributed by atoms with van der Waals surface area (Å²) in [6, 6.07) is 10.8. The van der Waals surface area contributed by atoms with Crippen LogP contribution in [0.4, 0.5) is 5.69 Å². The summed E-state index contributed by atoms with van der Waals surface area (Å²) >= 11 is 0. The lowest BCUT2D eigenvalue weighted by molar-refractivity contribution is -1.08. The molecule has 0 radical (unpaired) electrons. The van der Waals surface area contributed by atoms with Crippen molar-refractivity contribution in [2.24, 2.45) is 11.8 Å². The van der Waals surface area contributed by atoms with Crippen LogP contribution in [0.25, 0.3) is 10.8 Å². The summed E-state index contributed by atoms with van der Waals surface area (Å²) in [6.45, 7) is 16.2. The number of hydrogen-bond donors (Lipinski definition) is 2. The number of carboxylic acid groups (broad SMARTS) is 1. The van der Waals surface area contributed by atoms with E-state index in [1.54, 1.807) is 6.92 Å². The zero-order chi connectivity index (χ0) is 30.8. The highest BCUT2D eigenvalue weighted by Gasteiger charge is 2.58. The fourth-order valence-electron chi connectivity index (χ4n) is 9.39. The molecule has 0 saturated carbocycles. The van der Waals surface area contributed by atoms with E-state index in [9.17, 15) is 19.8 Å². The average Bonchev–Trinajstić information content (AvgIpc) is 3.49. The van der Waals surface area contributed by atoms with Gasteiger partial charge in [-0.15, -0.1) is 0 Å². The number of carboxylic acids is 1. The predicted molar refractivity (Wildman–Crippen MR) is 167 cm³/mol. The molecule has 0 aliphatic carbocycles. The first kappa shape index (κ1) is 29.7. The number of anilines is 1. The Kier molecular flexibility index (Phi) is 7.51. The molecule has 6 heterocycles. The van der Waals surface area contributed by atoms with Gasteiger partial charge in [0.05, 0.1) is 49.4 Å². The molecule has 2 aromatic carbocycles. The van der Waals surface area contributed by atoms with E-state index in [2.05, 4.69) is 41.0 Å². The Balaban J connectivity index is 1.07. The van der Waals surface area contributed by atoms with Crippen LogP contribution >= 0.6 is 0 Å². The van der Waals surface area contributed by atoms with Gasteiger partial charge in [0.2, 0.25) is 5.91 Å². The van der Waals surface area contributed by atoms with E-state index in [0.29, 0.717) is 13.1 Å². The van der Waals surface area contributed by atoms with Crippen LogP contribution in [-0.4, -0.2) is 108 Å². The van der Waals surface area contributed by atoms with Crippen molar-refractivity contribution in [3.63, 3.8) is 0 Å². The Morgan fingerprint density at radius 2 is 1.75 bits per heavy atom. The van der Waals surface area contributed by atoms with E-state index in [4.69, 9.17) is 0 Å². The normalized spacial score (nSPS) is 31.2. The number of rotatable bonds is 12. The fraction of sp³-hybridized carbons (Fsp3) is 0.600. The highest BCUT2D eigenvalue weighted by molar-refractivity contribution is 6.02. The average molecular weight is 604 g/mol. The van der Waals surface area contributed by atoms with Crippen molar-refractivity contribution in [2.75, 3.05) is 70.3 Å². The first-order valence-electron chi connectivity index (χ1n) is 16.9. The smallest absolute Gasteiger partial charge is 0.235 e. The second-order valence-electron chi connectivity index (χ2n) is 14.5. The number of β-lactam (4-membered cyclic amide) rings is 1. The Morgan fingerprint density at radius 1 is 1.05 bits per heavy atom. The maximum Gasteiger partial charge on any atom is 0.235 e. The van der Waals surface area contributed by atoms with Gasteiger partial charge in [-0.3, -0.25) is 4.79 Å². The maximum absolute atomic E-state index is 12.8. The first-order chi connectivity index (χ1) is 21.2. The number of benzene rings is 2. The maximum atomic E-state index is 12.8. The van der Waals surface area contributed by atoms with Gasteiger partial charge in [0, 0.05) is 36.5 Å². The number of piperazine rings is 3. The molecule has 6 aliphatic rings. The zero-order valence-electron chi connectivity index (χ0n) is 26.5. The number of amides is 1. The van der Waals surface area contributed by atoms with Gasteiger partial charge in [-0.25, -0.2) is 0 Å². The molecule has 2 aromatic rings. The van der Waals surface area contributed by atoms with Crippen molar-refractivity contribution in [3.05, 3.63) is 52.7 Å². The molecule has 4 N–H and O–H groups in total. The van der Waals surface area contributed by atoms with E-state index in [0.717, 1.165) is 24.2 Å². The molecule has 4 saturated heterocycles. The largest absolute Gasteiger partial charge is 0.543 e. The highest BCUT2D eigenvalue weighted by atomic mass is 16.4. The number of fused-ring (bicyclic) bond motifs is 4. The third-order valence-electron chi connectivity index (χ3n) is 12.2. The minimum Gasteiger partial charge on any atom is -0.543 e. The van der Waals surface area contributed by atoms with Crippen molar-refractivity contribution >= 4 is 28.3 Å². The molecule has 9 nitrogen and oxygen atoms in total. The topological polar surface area (TPSA) is 112 Å². The first-order valence-corrected chi connectivity index (χ1v) is 16.9. The van der Waals surface area contributed by atoms with Crippen molar-refractivity contribution in [2.45, 2.75) is 58.2 Å². The van der Waals surface area contributed by atoms with Gasteiger partial charge in [-0.05, 0) is 54.3 Å². The number of carbonyl (C=O) groups is 2. The molecule has 4 atom stereocenters. The van der Waals surface area contributed by atoms with Crippen LogP contribution in [0.2, 0.25) is 0 Å². The van der Waals surface area contributed by atoms with Crippen molar-refractivity contribution < 1.29 is 34.5 Å². The van der Waals surface area contributed by atoms with E-state index < -0.39 is 18.0 Å². The van der Waals surface area contributed by atoms with Gasteiger partial charge >= 0.3 is 0 Å². The number of hydrogen-bond acceptors (Lipinski definition) is 5. The number of carbonyl (C=O) groups excluding carboxylic acids is 2. The van der Waals surface area contributed by atoms with Crippen LogP contribution in [0.3, 0.4) is 0 Å². The number of quaternary nitrogens is 3. The standard InChI is InChI=1S/C35H48N5O4/c1-23-28(33(35(43)44)38-32(23)30(24(2)41)34(38)42)22-37-21-26-10-9-25(27-7-6-8-29(37)31(26)27)11-14-40-18-15-39(16-19-40,17-20-40)13-5-3-4-12-36/h6-10,23-24,30,32,41H,3-5,11-22,36H2,1-2H3/q+1/p+1/t23-,24?,30?,32?,39?,40?/m0/s1. The lowest BCUT2D eigenvalue weighted by Crippen LogP contribution is -2.75. The van der Waals surface area contributed by atoms with Gasteiger partial charge in [0.15, 0.2) is 0 Å². The molecule has 44 heavy (non-hydrogen) atoms. The quantitative estimate of drug-likeness (QED) is 0.210. The summed E-state index contributed by atoms with van der Waals surface area (Å²) in [5, 5.41) is 25.1. The van der Waals surface area contributed by atoms with Crippen LogP contribution in [-0.2, 0) is 22.6 Å². The molecule has 8 rings (SSSR count). The van der Waals surface area contributed by atoms with Gasteiger partial charge in [0.1, 0.15) is 39.3 Å². The Morgan fingerprint density at radius 3 is 2.41 bits per heavy atom. The summed E-state index contributed by atoms with van der Waals surface area (Å²) in [7, 11) is 0. The SMILES string of the molecule is CC(O)C1C(=O)N2C(C(=O)[O-])=C(CN3Cc4ccc(CC[N+]56CC[N+](CCCCC[NH3+])(CC5)CC6)c5cccc3c45)[C@H](C)C12. The summed E-state index contributed by atoms with van der Waals surface area (Å²) in [5.41, 5.74) is 8.54. The van der Waals surface area contributed by atoms with Gasteiger partial charge in [-0.2, -0.15) is 0 Å². The molecule has 0 aromatic heterocycles. The van der Waals surface area contributed by atoms with Crippen molar-refractivity contribution in [1.29, 1.82) is 0 Å². The summed E-state index contributed by atoms with van der Waals surface area (Å²) in [6.07, 6.45) is 4.18. The summed E-state index contributed by atoms with van der Waals surface area (Å²) < 4.78 is 2.60. The van der Waals surface area contributed by atoms with Gasteiger partial charge < -0.3 is 39.5 Å². The van der Waals surface area contributed by atoms with E-state index in [-0.39, 0.29) is 23.6 Å². The molecule has 2 bridgehead atoms. The minimum absolute atomic E-state index is 0.00566. The predicted octanol–water partition coefficient (Wildman–Crippen LogP) is 0.637. The third kappa shape index (κ3) is 4.66. The zero-order valence-corrected chi connectivity index (χ0v) is 26.5. The van der Waals surface area contributed by atoms with Crippen molar-refractivity contribution in [3.8, 4) is 0 Å². The number of aliphatic carboxylic acids is 1. The van der Waals surface area contributed by atoms with E-state index in [1.807, 2.05) is 6.92 Å². The van der Waals surface area contributed by atoms with Crippen LogP contribution < -0.4 is 15.7 Å². The molecule has 3 unspecified atom stereocenters. The summed E-state index contributed by atoms with van der Waals surface area (Å²) in [4.78, 5) is 28.7. The van der Waals surface area contributed by atoms with Crippen LogP contribution in [0.1, 0.15) is 44.2 Å². The monoisotopic (exact) mass is 603 g/mol. The number of aliphatic hydroxyl groups is 1. The minimum atomic E-state index is -1.31. The Labute approximate surface area is 260 Å². The van der Waals surface area contributed by atoms with Crippen molar-refractivity contribution in [1.82, 2.24) is 4.90 Å². The molecular weight excluding hydrogens is 554 g/mol. The molecule has 6 aliphatic heterocycles. The number of unbranched alkanes of at least 4 members (excludes halogenated alkanes) is 2. The Hall–Kier alpha value is -2.98. The lowest BCUT2D eigenvalue weighted by Gasteiger charge is -2.55. The van der Waals surface area contributed by atoms with E-state index >= 15 is 0 Å². The molecule has 1 amide bonds. The molecule has 236 valence electrons. The highest BCUT2D eigenvalue weighted by Crippen LogP contribution is 2.48. The van der Waals surface area contributed by atoms with Gasteiger partial charge in [-0.1, -0.05) is 31.2 Å². The molecular formula is C35H49N5O4+2. The molecule has 4 fully saturated rings. The number of aliphatic hydroxyl groups excluding tert-OH is 1. The van der Waals surface area contributed by atoms with Gasteiger partial charge in [0.25, 0.3) is 0 Å². The van der Waals surface area contributed by atoms with E-state index in [1.165, 1.54) is 107 Å². The molecule has 9 heteroatoms. The fourth-order valence-corrected chi connectivity index (χ4v) is 9.39. The molecule has 0 spiro atoms. The second-order valence-corrected chi connectivity index (χ2v) is 14.5. The van der Waals surface area contributed by atoms with Crippen LogP contribution in [0.15, 0.2) is 41.6 Å². The van der Waals surface area contributed by atoms with Crippen LogP contribution in [0.5, 0.6) is 0 Å². The second kappa shape index (κ2) is 11.1. The lowest BCUT2D eigenvalue weighted by atomic mass is 9.77. The Bertz CT molecular complexity index is 1490. The van der Waals surface area contributed by atoms with Crippen LogP contribution in [0, 0.1) is 11.8 Å². The number of nitrogens with zero attached hydrogens (tertiary/aromatic N) is 4.